The van der Waals surface area contributed by atoms with Gasteiger partial charge in [-0.1, -0.05) is 19.3 Å². The van der Waals surface area contributed by atoms with E-state index in [9.17, 15) is 4.79 Å². The number of aryl methyl sites for hydroxylation is 1. The molecule has 1 aliphatic carbocycles. The van der Waals surface area contributed by atoms with E-state index in [1.54, 1.807) is 0 Å². The molecule has 2 aliphatic heterocycles. The Hall–Kier alpha value is -2.15. The Balaban J connectivity index is 1.28. The van der Waals surface area contributed by atoms with Gasteiger partial charge in [-0.25, -0.2) is 4.98 Å². The molecular weight excluding hydrogens is 388 g/mol. The average molecular weight is 425 g/mol. The van der Waals surface area contributed by atoms with Gasteiger partial charge in [0.25, 0.3) is 5.91 Å². The summed E-state index contributed by atoms with van der Waals surface area (Å²) in [5.41, 5.74) is 1.59. The van der Waals surface area contributed by atoms with Crippen molar-refractivity contribution in [2.75, 3.05) is 25.0 Å². The number of anilines is 1. The lowest BCUT2D eigenvalue weighted by molar-refractivity contribution is 0.0942. The van der Waals surface area contributed by atoms with E-state index in [0.717, 1.165) is 49.4 Å². The molecule has 0 unspecified atom stereocenters. The number of aromatic nitrogens is 3. The molecule has 4 heterocycles. The largest absolute Gasteiger partial charge is 0.351 e. The predicted molar refractivity (Wildman–Crippen MR) is 123 cm³/mol. The predicted octanol–water partition coefficient (Wildman–Crippen LogP) is 3.94. The smallest absolute Gasteiger partial charge is 0.267 e. The maximum atomic E-state index is 12.7. The summed E-state index contributed by atoms with van der Waals surface area (Å²) in [6.07, 6.45) is 15.4. The molecule has 0 spiro atoms. The number of carbonyl (C=O) groups is 1. The fourth-order valence-electron chi connectivity index (χ4n) is 5.62. The highest BCUT2D eigenvalue weighted by molar-refractivity contribution is 5.98. The van der Waals surface area contributed by atoms with Crippen LogP contribution in [-0.4, -0.2) is 57.1 Å². The molecule has 1 saturated carbocycles. The maximum absolute atomic E-state index is 12.7. The molecule has 7 nitrogen and oxygen atoms in total. The van der Waals surface area contributed by atoms with Gasteiger partial charge in [0.2, 0.25) is 5.95 Å². The lowest BCUT2D eigenvalue weighted by Crippen LogP contribution is -2.43. The zero-order valence-electron chi connectivity index (χ0n) is 18.6. The molecule has 2 fully saturated rings. The minimum absolute atomic E-state index is 0.00504. The van der Waals surface area contributed by atoms with Gasteiger partial charge in [0, 0.05) is 36.8 Å². The van der Waals surface area contributed by atoms with Gasteiger partial charge >= 0.3 is 0 Å². The zero-order chi connectivity index (χ0) is 21.0. The first-order chi connectivity index (χ1) is 15.3. The molecule has 2 aromatic rings. The Morgan fingerprint density at radius 2 is 1.68 bits per heavy atom. The monoisotopic (exact) mass is 424 g/mol. The first-order valence-electron chi connectivity index (χ1n) is 12.4. The van der Waals surface area contributed by atoms with Gasteiger partial charge in [-0.3, -0.25) is 4.79 Å². The highest BCUT2D eigenvalue weighted by Crippen LogP contribution is 2.28. The standard InChI is InChI=1S/C24H36N6O/c31-23-21-16-18-17-26-24(28-22(18)30(21)15-7-2-1-4-12-25-23)27-19-8-10-20(11-9-19)29-13-5-3-6-14-29/h16-17,19-20H,1-15H2,(H,25,31)(H,26,27,28). The van der Waals surface area contributed by atoms with Gasteiger partial charge in [0.1, 0.15) is 11.3 Å². The minimum atomic E-state index is 0.00504. The van der Waals surface area contributed by atoms with Gasteiger partial charge < -0.3 is 20.1 Å². The molecule has 0 radical (unpaired) electrons. The van der Waals surface area contributed by atoms with Crippen molar-refractivity contribution in [2.24, 2.45) is 0 Å². The highest BCUT2D eigenvalue weighted by Gasteiger charge is 2.27. The fourth-order valence-corrected chi connectivity index (χ4v) is 5.62. The van der Waals surface area contributed by atoms with E-state index in [0.29, 0.717) is 17.7 Å². The lowest BCUT2D eigenvalue weighted by atomic mass is 9.89. The van der Waals surface area contributed by atoms with Crippen LogP contribution in [0.25, 0.3) is 11.0 Å². The Morgan fingerprint density at radius 1 is 0.935 bits per heavy atom. The van der Waals surface area contributed by atoms with Crippen LogP contribution in [0.1, 0.15) is 81.1 Å². The van der Waals surface area contributed by atoms with Gasteiger partial charge in [-0.15, -0.1) is 0 Å². The van der Waals surface area contributed by atoms with E-state index in [4.69, 9.17) is 4.98 Å². The van der Waals surface area contributed by atoms with Gasteiger partial charge in [0.15, 0.2) is 0 Å². The highest BCUT2D eigenvalue weighted by atomic mass is 16.1. The van der Waals surface area contributed by atoms with Crippen molar-refractivity contribution in [1.82, 2.24) is 24.8 Å². The van der Waals surface area contributed by atoms with Crippen molar-refractivity contribution >= 4 is 22.9 Å². The third-order valence-corrected chi connectivity index (χ3v) is 7.40. The number of nitrogens with one attached hydrogen (secondary N) is 2. The molecule has 1 amide bonds. The number of amides is 1. The van der Waals surface area contributed by atoms with E-state index in [1.807, 2.05) is 12.3 Å². The van der Waals surface area contributed by atoms with Crippen LogP contribution < -0.4 is 10.6 Å². The molecule has 0 bridgehead atoms. The normalized spacial score (nSPS) is 26.3. The minimum Gasteiger partial charge on any atom is -0.351 e. The molecule has 5 rings (SSSR count). The third-order valence-electron chi connectivity index (χ3n) is 7.40. The lowest BCUT2D eigenvalue weighted by Gasteiger charge is -2.39. The molecule has 3 aliphatic rings. The van der Waals surface area contributed by atoms with Crippen LogP contribution >= 0.6 is 0 Å². The molecular formula is C24H36N6O. The summed E-state index contributed by atoms with van der Waals surface area (Å²) in [5.74, 6) is 0.706. The van der Waals surface area contributed by atoms with E-state index in [1.165, 1.54) is 64.5 Å². The Bertz CT molecular complexity index is 895. The van der Waals surface area contributed by atoms with E-state index in [2.05, 4.69) is 25.1 Å². The van der Waals surface area contributed by atoms with Crippen molar-refractivity contribution < 1.29 is 4.79 Å². The number of nitrogens with zero attached hydrogens (tertiary/aromatic N) is 4. The summed E-state index contributed by atoms with van der Waals surface area (Å²) in [4.78, 5) is 24.8. The molecule has 2 aromatic heterocycles. The van der Waals surface area contributed by atoms with E-state index in [-0.39, 0.29) is 5.91 Å². The van der Waals surface area contributed by atoms with Crippen LogP contribution in [0.2, 0.25) is 0 Å². The summed E-state index contributed by atoms with van der Waals surface area (Å²) < 4.78 is 2.09. The number of hydrogen-bond acceptors (Lipinski definition) is 5. The summed E-state index contributed by atoms with van der Waals surface area (Å²) >= 11 is 0. The van der Waals surface area contributed by atoms with Crippen molar-refractivity contribution in [1.29, 1.82) is 0 Å². The van der Waals surface area contributed by atoms with Crippen molar-refractivity contribution in [2.45, 2.75) is 89.3 Å². The number of piperidine rings is 1. The number of likely N-dealkylation sites (tertiary alicyclic amines) is 1. The molecule has 31 heavy (non-hydrogen) atoms. The Morgan fingerprint density at radius 3 is 2.52 bits per heavy atom. The Kier molecular flexibility index (Phi) is 6.39. The molecule has 2 N–H and O–H groups in total. The van der Waals surface area contributed by atoms with Crippen LogP contribution in [0.5, 0.6) is 0 Å². The van der Waals surface area contributed by atoms with Crippen LogP contribution in [-0.2, 0) is 6.54 Å². The fraction of sp³-hybridized carbons (Fsp3) is 0.708. The Labute approximate surface area is 185 Å². The molecule has 7 heteroatoms. The van der Waals surface area contributed by atoms with Crippen LogP contribution in [0.4, 0.5) is 5.95 Å². The second-order valence-corrected chi connectivity index (χ2v) is 9.57. The first-order valence-corrected chi connectivity index (χ1v) is 12.4. The van der Waals surface area contributed by atoms with Crippen LogP contribution in [0.15, 0.2) is 12.3 Å². The third kappa shape index (κ3) is 4.71. The van der Waals surface area contributed by atoms with Crippen molar-refractivity contribution in [3.8, 4) is 0 Å². The van der Waals surface area contributed by atoms with E-state index < -0.39 is 0 Å². The average Bonchev–Trinajstić information content (AvgIpc) is 3.17. The quantitative estimate of drug-likeness (QED) is 0.780. The SMILES string of the molecule is O=C1NCCCCCCn2c1cc1cnc(NC3CCC(N4CCCCC4)CC3)nc12. The second kappa shape index (κ2) is 9.55. The molecule has 0 aromatic carbocycles. The van der Waals surface area contributed by atoms with Crippen molar-refractivity contribution in [3.05, 3.63) is 18.0 Å². The van der Waals surface area contributed by atoms with Crippen LogP contribution in [0, 0.1) is 0 Å². The molecule has 168 valence electrons. The van der Waals surface area contributed by atoms with E-state index >= 15 is 0 Å². The van der Waals surface area contributed by atoms with Gasteiger partial charge in [-0.2, -0.15) is 4.98 Å². The number of carbonyl (C=O) groups excluding carboxylic acids is 1. The number of hydrogen-bond donors (Lipinski definition) is 2. The van der Waals surface area contributed by atoms with Crippen molar-refractivity contribution in [3.63, 3.8) is 0 Å². The summed E-state index contributed by atoms with van der Waals surface area (Å²) in [6.45, 7) is 4.16. The number of fused-ring (bicyclic) bond motifs is 3. The molecule has 0 atom stereocenters. The van der Waals surface area contributed by atoms with Crippen LogP contribution in [0.3, 0.4) is 0 Å². The summed E-state index contributed by atoms with van der Waals surface area (Å²) in [6, 6.07) is 3.15. The van der Waals surface area contributed by atoms with Gasteiger partial charge in [-0.05, 0) is 70.5 Å². The maximum Gasteiger partial charge on any atom is 0.267 e. The molecule has 1 saturated heterocycles. The first kappa shape index (κ1) is 20.7. The summed E-state index contributed by atoms with van der Waals surface area (Å²) in [7, 11) is 0. The summed E-state index contributed by atoms with van der Waals surface area (Å²) in [5, 5.41) is 7.60. The topological polar surface area (TPSA) is 75.1 Å². The second-order valence-electron chi connectivity index (χ2n) is 9.57. The zero-order valence-corrected chi connectivity index (χ0v) is 18.6. The number of rotatable bonds is 3. The van der Waals surface area contributed by atoms with Gasteiger partial charge in [0.05, 0.1) is 0 Å².